The van der Waals surface area contributed by atoms with Crippen molar-refractivity contribution in [1.82, 2.24) is 0 Å². The smallest absolute Gasteiger partial charge is 0.416 e. The molecule has 5 heteroatoms. The lowest BCUT2D eigenvalue weighted by Crippen LogP contribution is -2.27. The fourth-order valence-electron chi connectivity index (χ4n) is 2.76. The van der Waals surface area contributed by atoms with Crippen LogP contribution in [0.3, 0.4) is 0 Å². The molecule has 1 aliphatic rings. The van der Waals surface area contributed by atoms with Crippen LogP contribution in [0.2, 0.25) is 0 Å². The van der Waals surface area contributed by atoms with Gasteiger partial charge in [0.1, 0.15) is 5.75 Å². The summed E-state index contributed by atoms with van der Waals surface area (Å²) in [5.74, 6) is 0.121. The molecule has 1 atom stereocenters. The number of carbonyl (C=O) groups is 1. The largest absolute Gasteiger partial charge is 0.493 e. The fraction of sp³-hybridized carbons (Fsp3) is 0.278. The van der Waals surface area contributed by atoms with Crippen molar-refractivity contribution in [2.24, 2.45) is 5.92 Å². The maximum atomic E-state index is 12.5. The molecule has 0 aliphatic heterocycles. The van der Waals surface area contributed by atoms with Crippen LogP contribution in [0, 0.1) is 5.92 Å². The van der Waals surface area contributed by atoms with Crippen molar-refractivity contribution in [1.29, 1.82) is 0 Å². The predicted molar refractivity (Wildman–Crippen MR) is 79.5 cm³/mol. The second-order valence-corrected chi connectivity index (χ2v) is 5.59. The van der Waals surface area contributed by atoms with E-state index < -0.39 is 11.7 Å². The van der Waals surface area contributed by atoms with Crippen molar-refractivity contribution in [3.05, 3.63) is 65.2 Å². The Morgan fingerprint density at radius 3 is 2.43 bits per heavy atom. The third-order valence-corrected chi connectivity index (χ3v) is 4.05. The van der Waals surface area contributed by atoms with E-state index >= 15 is 0 Å². The fourth-order valence-corrected chi connectivity index (χ4v) is 2.76. The zero-order valence-corrected chi connectivity index (χ0v) is 12.3. The first-order valence-electron chi connectivity index (χ1n) is 7.37. The average molecular weight is 320 g/mol. The van der Waals surface area contributed by atoms with Crippen LogP contribution in [0.15, 0.2) is 48.5 Å². The summed E-state index contributed by atoms with van der Waals surface area (Å²) in [5, 5.41) is 0. The number of aryl methyl sites for hydroxylation is 1. The molecule has 2 nitrogen and oxygen atoms in total. The minimum absolute atomic E-state index is 0.0405. The van der Waals surface area contributed by atoms with Crippen LogP contribution in [-0.2, 0) is 12.6 Å². The highest BCUT2D eigenvalue weighted by atomic mass is 19.4. The first-order valence-corrected chi connectivity index (χ1v) is 7.37. The van der Waals surface area contributed by atoms with Gasteiger partial charge in [-0.1, -0.05) is 24.3 Å². The number of benzene rings is 2. The predicted octanol–water partition coefficient (Wildman–Crippen LogP) is 4.53. The summed E-state index contributed by atoms with van der Waals surface area (Å²) in [6, 6.07) is 12.0. The molecule has 2 aromatic carbocycles. The van der Waals surface area contributed by atoms with Gasteiger partial charge in [-0.05, 0) is 42.7 Å². The molecule has 2 aromatic rings. The van der Waals surface area contributed by atoms with E-state index in [4.69, 9.17) is 4.74 Å². The molecule has 0 N–H and O–H groups in total. The molecule has 0 amide bonds. The van der Waals surface area contributed by atoms with Gasteiger partial charge in [0.25, 0.3) is 0 Å². The van der Waals surface area contributed by atoms with Crippen molar-refractivity contribution in [2.75, 3.05) is 6.61 Å². The minimum Gasteiger partial charge on any atom is -0.493 e. The van der Waals surface area contributed by atoms with Gasteiger partial charge in [0.15, 0.2) is 5.78 Å². The zero-order valence-electron chi connectivity index (χ0n) is 12.3. The summed E-state index contributed by atoms with van der Waals surface area (Å²) in [6.45, 7) is 0.179. The maximum absolute atomic E-state index is 12.5. The molecule has 0 fully saturated rings. The topological polar surface area (TPSA) is 26.3 Å². The van der Waals surface area contributed by atoms with Gasteiger partial charge in [-0.15, -0.1) is 0 Å². The van der Waals surface area contributed by atoms with E-state index in [1.807, 2.05) is 24.3 Å². The SMILES string of the molecule is O=C1c2ccccc2CCC1COc1ccc(C(F)(F)F)cc1. The van der Waals surface area contributed by atoms with Crippen LogP contribution < -0.4 is 4.74 Å². The normalized spacial score (nSPS) is 17.7. The summed E-state index contributed by atoms with van der Waals surface area (Å²) < 4.78 is 43.0. The van der Waals surface area contributed by atoms with E-state index in [0.717, 1.165) is 29.7 Å². The first kappa shape index (κ1) is 15.6. The van der Waals surface area contributed by atoms with Crippen LogP contribution in [0.5, 0.6) is 5.75 Å². The number of Topliss-reactive ketones (excluding diaryl/α,β-unsaturated/α-hetero) is 1. The molecule has 0 bridgehead atoms. The maximum Gasteiger partial charge on any atom is 0.416 e. The van der Waals surface area contributed by atoms with Gasteiger partial charge in [-0.25, -0.2) is 0 Å². The Labute approximate surface area is 131 Å². The summed E-state index contributed by atoms with van der Waals surface area (Å²) in [4.78, 5) is 12.4. The van der Waals surface area contributed by atoms with Gasteiger partial charge in [-0.3, -0.25) is 4.79 Å². The molecule has 0 spiro atoms. The standard InChI is InChI=1S/C18H15F3O2/c19-18(20,21)14-7-9-15(10-8-14)23-11-13-6-5-12-3-1-2-4-16(12)17(13)22/h1-4,7-10,13H,5-6,11H2. The molecule has 1 aliphatic carbocycles. The molecule has 0 saturated carbocycles. The highest BCUT2D eigenvalue weighted by molar-refractivity contribution is 6.00. The number of hydrogen-bond donors (Lipinski definition) is 0. The van der Waals surface area contributed by atoms with E-state index in [-0.39, 0.29) is 18.3 Å². The van der Waals surface area contributed by atoms with E-state index in [1.54, 1.807) is 0 Å². The van der Waals surface area contributed by atoms with Gasteiger partial charge in [0.05, 0.1) is 18.1 Å². The zero-order chi connectivity index (χ0) is 16.4. The molecule has 1 unspecified atom stereocenters. The third-order valence-electron chi connectivity index (χ3n) is 4.05. The van der Waals surface area contributed by atoms with Crippen molar-refractivity contribution in [2.45, 2.75) is 19.0 Å². The lowest BCUT2D eigenvalue weighted by Gasteiger charge is -2.23. The van der Waals surface area contributed by atoms with Gasteiger partial charge >= 0.3 is 6.18 Å². The summed E-state index contributed by atoms with van der Waals surface area (Å²) in [7, 11) is 0. The van der Waals surface area contributed by atoms with Crippen molar-refractivity contribution < 1.29 is 22.7 Å². The molecule has 0 heterocycles. The Morgan fingerprint density at radius 1 is 1.04 bits per heavy atom. The van der Waals surface area contributed by atoms with Crippen LogP contribution in [0.1, 0.15) is 27.9 Å². The van der Waals surface area contributed by atoms with Gasteiger partial charge in [0, 0.05) is 5.56 Å². The lowest BCUT2D eigenvalue weighted by atomic mass is 9.83. The molecule has 3 rings (SSSR count). The minimum atomic E-state index is -4.36. The summed E-state index contributed by atoms with van der Waals surface area (Å²) in [5.41, 5.74) is 1.05. The molecule has 0 radical (unpaired) electrons. The first-order chi connectivity index (χ1) is 10.9. The Morgan fingerprint density at radius 2 is 1.74 bits per heavy atom. The second-order valence-electron chi connectivity index (χ2n) is 5.59. The third kappa shape index (κ3) is 3.38. The van der Waals surface area contributed by atoms with Crippen molar-refractivity contribution in [3.8, 4) is 5.75 Å². The number of hydrogen-bond acceptors (Lipinski definition) is 2. The van der Waals surface area contributed by atoms with Crippen LogP contribution in [0.4, 0.5) is 13.2 Å². The molecule has 0 saturated heterocycles. The number of halogens is 3. The number of ether oxygens (including phenoxy) is 1. The second kappa shape index (κ2) is 6.07. The Hall–Kier alpha value is -2.30. The Bertz CT molecular complexity index is 705. The summed E-state index contributed by atoms with van der Waals surface area (Å²) in [6.07, 6.45) is -2.86. The van der Waals surface area contributed by atoms with Gasteiger partial charge in [0.2, 0.25) is 0 Å². The van der Waals surface area contributed by atoms with E-state index in [2.05, 4.69) is 0 Å². The van der Waals surface area contributed by atoms with Crippen LogP contribution >= 0.6 is 0 Å². The van der Waals surface area contributed by atoms with E-state index in [0.29, 0.717) is 12.2 Å². The number of alkyl halides is 3. The summed E-state index contributed by atoms with van der Waals surface area (Å²) >= 11 is 0. The lowest BCUT2D eigenvalue weighted by molar-refractivity contribution is -0.137. The molecular weight excluding hydrogens is 305 g/mol. The highest BCUT2D eigenvalue weighted by Crippen LogP contribution is 2.31. The number of ketones is 1. The Kier molecular flexibility index (Phi) is 4.11. The van der Waals surface area contributed by atoms with Crippen LogP contribution in [-0.4, -0.2) is 12.4 Å². The molecule has 120 valence electrons. The molecule has 23 heavy (non-hydrogen) atoms. The quantitative estimate of drug-likeness (QED) is 0.830. The monoisotopic (exact) mass is 320 g/mol. The Balaban J connectivity index is 1.64. The number of fused-ring (bicyclic) bond motifs is 1. The highest BCUT2D eigenvalue weighted by Gasteiger charge is 2.30. The van der Waals surface area contributed by atoms with E-state index in [9.17, 15) is 18.0 Å². The van der Waals surface area contributed by atoms with Gasteiger partial charge < -0.3 is 4.74 Å². The molecular formula is C18H15F3O2. The number of rotatable bonds is 3. The van der Waals surface area contributed by atoms with Crippen molar-refractivity contribution >= 4 is 5.78 Å². The molecule has 0 aromatic heterocycles. The van der Waals surface area contributed by atoms with Gasteiger partial charge in [-0.2, -0.15) is 13.2 Å². The van der Waals surface area contributed by atoms with E-state index in [1.165, 1.54) is 12.1 Å². The average Bonchev–Trinajstić information content (AvgIpc) is 2.54. The number of carbonyl (C=O) groups excluding carboxylic acids is 1. The van der Waals surface area contributed by atoms with Crippen molar-refractivity contribution in [3.63, 3.8) is 0 Å². The van der Waals surface area contributed by atoms with Crippen LogP contribution in [0.25, 0.3) is 0 Å².